The summed E-state index contributed by atoms with van der Waals surface area (Å²) in [5, 5.41) is 7.66. The van der Waals surface area contributed by atoms with E-state index in [0.717, 1.165) is 0 Å². The van der Waals surface area contributed by atoms with E-state index >= 15 is 0 Å². The molecule has 0 amide bonds. The van der Waals surface area contributed by atoms with Gasteiger partial charge in [0.05, 0.1) is 12.4 Å². The van der Waals surface area contributed by atoms with Gasteiger partial charge in [-0.3, -0.25) is 0 Å². The predicted octanol–water partition coefficient (Wildman–Crippen LogP) is 0.0547. The van der Waals surface area contributed by atoms with Gasteiger partial charge in [0, 0.05) is 12.4 Å². The lowest BCUT2D eigenvalue weighted by Gasteiger charge is -1.98. The van der Waals surface area contributed by atoms with Gasteiger partial charge in [0.2, 0.25) is 0 Å². The molecule has 2 aromatic heterocycles. The Morgan fingerprint density at radius 3 is 1.83 bits per heavy atom. The molecule has 0 saturated heterocycles. The number of rotatable bonds is 2. The van der Waals surface area contributed by atoms with Crippen molar-refractivity contribution >= 4 is 11.2 Å². The molecule has 0 fully saturated rings. The molecule has 0 unspecified atom stereocenters. The summed E-state index contributed by atoms with van der Waals surface area (Å²) in [7, 11) is 0. The zero-order valence-corrected chi connectivity index (χ0v) is 6.89. The van der Waals surface area contributed by atoms with Gasteiger partial charge in [-0.25, -0.2) is 4.21 Å². The topological polar surface area (TPSA) is 52.7 Å². The molecule has 2 heterocycles. The molecule has 0 aromatic carbocycles. The van der Waals surface area contributed by atoms with E-state index in [-0.39, 0.29) is 0 Å². The Balaban J connectivity index is 2.34. The van der Waals surface area contributed by atoms with Crippen LogP contribution in [0.5, 0.6) is 0 Å². The maximum atomic E-state index is 11.5. The second-order valence-corrected chi connectivity index (χ2v) is 3.26. The SMILES string of the molecule is O=S(n1cccn1)n1cccn1. The first-order chi connectivity index (χ1) is 5.88. The van der Waals surface area contributed by atoms with Crippen molar-refractivity contribution in [3.05, 3.63) is 36.9 Å². The smallest absolute Gasteiger partial charge is 0.209 e. The lowest BCUT2D eigenvalue weighted by molar-refractivity contribution is 0.657. The Morgan fingerprint density at radius 2 is 1.50 bits per heavy atom. The lowest BCUT2D eigenvalue weighted by Crippen LogP contribution is -2.14. The number of aromatic nitrogens is 4. The third-order valence-electron chi connectivity index (χ3n) is 1.28. The molecule has 0 aliphatic rings. The van der Waals surface area contributed by atoms with E-state index in [1.54, 1.807) is 36.9 Å². The van der Waals surface area contributed by atoms with E-state index < -0.39 is 11.2 Å². The molecule has 6 heteroatoms. The second kappa shape index (κ2) is 2.90. The maximum Gasteiger partial charge on any atom is 0.266 e. The van der Waals surface area contributed by atoms with Gasteiger partial charge < -0.3 is 0 Å². The fourth-order valence-electron chi connectivity index (χ4n) is 0.780. The highest BCUT2D eigenvalue weighted by Gasteiger charge is 2.03. The van der Waals surface area contributed by atoms with Gasteiger partial charge >= 0.3 is 0 Å². The van der Waals surface area contributed by atoms with E-state index in [1.807, 2.05) is 0 Å². The Bertz CT molecular complexity index is 330. The maximum absolute atomic E-state index is 11.5. The summed E-state index contributed by atoms with van der Waals surface area (Å²) in [5.74, 6) is 0. The fraction of sp³-hybridized carbons (Fsp3) is 0. The molecular formula is C6H6N4OS. The van der Waals surface area contributed by atoms with Gasteiger partial charge in [-0.05, 0) is 12.1 Å². The Morgan fingerprint density at radius 1 is 1.00 bits per heavy atom. The van der Waals surface area contributed by atoms with E-state index in [9.17, 15) is 4.21 Å². The summed E-state index contributed by atoms with van der Waals surface area (Å²) in [6, 6.07) is 3.42. The summed E-state index contributed by atoms with van der Waals surface area (Å²) in [6.45, 7) is 0. The van der Waals surface area contributed by atoms with E-state index in [2.05, 4.69) is 10.2 Å². The third-order valence-corrected chi connectivity index (χ3v) is 2.35. The van der Waals surface area contributed by atoms with Crippen LogP contribution >= 0.6 is 0 Å². The van der Waals surface area contributed by atoms with E-state index in [0.29, 0.717) is 0 Å². The molecule has 0 atom stereocenters. The largest absolute Gasteiger partial charge is 0.266 e. The van der Waals surface area contributed by atoms with Crippen molar-refractivity contribution in [1.82, 2.24) is 18.4 Å². The predicted molar refractivity (Wildman–Crippen MR) is 43.4 cm³/mol. The molecular weight excluding hydrogens is 176 g/mol. The first kappa shape index (κ1) is 7.23. The van der Waals surface area contributed by atoms with Crippen molar-refractivity contribution in [1.29, 1.82) is 0 Å². The van der Waals surface area contributed by atoms with E-state index in [4.69, 9.17) is 0 Å². The normalized spacial score (nSPS) is 10.8. The average Bonchev–Trinajstić information content (AvgIpc) is 2.77. The second-order valence-electron chi connectivity index (χ2n) is 2.05. The molecule has 2 rings (SSSR count). The number of nitrogens with zero attached hydrogens (tertiary/aromatic N) is 4. The van der Waals surface area contributed by atoms with Gasteiger partial charge in [-0.1, -0.05) is 0 Å². The van der Waals surface area contributed by atoms with Crippen LogP contribution < -0.4 is 0 Å². The van der Waals surface area contributed by atoms with Crippen molar-refractivity contribution in [3.63, 3.8) is 0 Å². The summed E-state index contributed by atoms with van der Waals surface area (Å²) in [5.41, 5.74) is 0. The molecule has 0 bridgehead atoms. The van der Waals surface area contributed by atoms with Crippen LogP contribution in [0.3, 0.4) is 0 Å². The van der Waals surface area contributed by atoms with Crippen molar-refractivity contribution in [2.45, 2.75) is 0 Å². The van der Waals surface area contributed by atoms with Crippen molar-refractivity contribution in [3.8, 4) is 0 Å². The van der Waals surface area contributed by atoms with Gasteiger partial charge in [-0.15, -0.1) is 0 Å². The Kier molecular flexibility index (Phi) is 1.75. The quantitative estimate of drug-likeness (QED) is 0.659. The first-order valence-electron chi connectivity index (χ1n) is 3.30. The van der Waals surface area contributed by atoms with Crippen LogP contribution in [0.1, 0.15) is 0 Å². The molecule has 2 aromatic rings. The zero-order chi connectivity index (χ0) is 8.39. The van der Waals surface area contributed by atoms with Crippen molar-refractivity contribution < 1.29 is 4.21 Å². The molecule has 62 valence electrons. The molecule has 12 heavy (non-hydrogen) atoms. The third kappa shape index (κ3) is 1.16. The fourth-order valence-corrected chi connectivity index (χ4v) is 1.57. The highest BCUT2D eigenvalue weighted by molar-refractivity contribution is 7.81. The summed E-state index contributed by atoms with van der Waals surface area (Å²) < 4.78 is 14.1. The lowest BCUT2D eigenvalue weighted by atomic mass is 10.8. The standard InChI is InChI=1S/C6H6N4OS/c11-12(9-5-1-3-7-9)10-6-2-4-8-10/h1-6H. The first-order valence-corrected chi connectivity index (χ1v) is 4.36. The van der Waals surface area contributed by atoms with Gasteiger partial charge in [-0.2, -0.15) is 18.4 Å². The van der Waals surface area contributed by atoms with Crippen LogP contribution in [0, 0.1) is 0 Å². The van der Waals surface area contributed by atoms with Gasteiger partial charge in [0.1, 0.15) is 0 Å². The molecule has 0 N–H and O–H groups in total. The van der Waals surface area contributed by atoms with Crippen molar-refractivity contribution in [2.75, 3.05) is 0 Å². The van der Waals surface area contributed by atoms with E-state index in [1.165, 1.54) is 8.17 Å². The van der Waals surface area contributed by atoms with Crippen LogP contribution in [0.4, 0.5) is 0 Å². The highest BCUT2D eigenvalue weighted by Crippen LogP contribution is 1.92. The molecule has 0 aliphatic carbocycles. The minimum absolute atomic E-state index is 1.33. The number of hydrogen-bond acceptors (Lipinski definition) is 3. The van der Waals surface area contributed by atoms with Crippen molar-refractivity contribution in [2.24, 2.45) is 0 Å². The molecule has 0 aliphatic heterocycles. The monoisotopic (exact) mass is 182 g/mol. The average molecular weight is 182 g/mol. The van der Waals surface area contributed by atoms with Crippen LogP contribution in [0.2, 0.25) is 0 Å². The summed E-state index contributed by atoms with van der Waals surface area (Å²) in [4.78, 5) is 0. The van der Waals surface area contributed by atoms with Gasteiger partial charge in [0.15, 0.2) is 0 Å². The molecule has 0 saturated carbocycles. The van der Waals surface area contributed by atoms with Gasteiger partial charge in [0.25, 0.3) is 11.2 Å². The number of hydrogen-bond donors (Lipinski definition) is 0. The summed E-state index contributed by atoms with van der Waals surface area (Å²) >= 11 is -1.37. The molecule has 0 radical (unpaired) electrons. The van der Waals surface area contributed by atoms with Crippen LogP contribution in [-0.2, 0) is 11.2 Å². The van der Waals surface area contributed by atoms with Crippen LogP contribution in [-0.4, -0.2) is 22.6 Å². The molecule has 0 spiro atoms. The Hall–Kier alpha value is -1.43. The highest BCUT2D eigenvalue weighted by atomic mass is 32.2. The molecule has 5 nitrogen and oxygen atoms in total. The summed E-state index contributed by atoms with van der Waals surface area (Å²) in [6.07, 6.45) is 6.39. The minimum Gasteiger partial charge on any atom is -0.209 e. The van der Waals surface area contributed by atoms with Crippen LogP contribution in [0.25, 0.3) is 0 Å². The Labute approximate surface area is 71.3 Å². The van der Waals surface area contributed by atoms with Crippen LogP contribution in [0.15, 0.2) is 36.9 Å². The minimum atomic E-state index is -1.37. The zero-order valence-electron chi connectivity index (χ0n) is 6.07.